The van der Waals surface area contributed by atoms with Crippen LogP contribution in [0.3, 0.4) is 0 Å². The summed E-state index contributed by atoms with van der Waals surface area (Å²) < 4.78 is 0. The molecular weight excluding hydrogens is 234 g/mol. The highest BCUT2D eigenvalue weighted by Gasteiger charge is 2.26. The molecule has 1 aromatic carbocycles. The summed E-state index contributed by atoms with van der Waals surface area (Å²) in [4.78, 5) is 2.42. The highest BCUT2D eigenvalue weighted by atomic mass is 16.2. The summed E-state index contributed by atoms with van der Waals surface area (Å²) in [5.41, 5.74) is 2.93. The Morgan fingerprint density at radius 2 is 2.11 bits per heavy atom. The van der Waals surface area contributed by atoms with Crippen LogP contribution in [0, 0.1) is 12.3 Å². The summed E-state index contributed by atoms with van der Waals surface area (Å²) in [6.45, 7) is 2.04. The minimum absolute atomic E-state index is 0.293. The minimum Gasteiger partial charge on any atom is -0.396 e. The van der Waals surface area contributed by atoms with Crippen molar-refractivity contribution in [2.75, 3.05) is 19.7 Å². The molecule has 0 bridgehead atoms. The molecule has 0 saturated carbocycles. The fraction of sp³-hybridized carbons (Fsp3) is 0.529. The van der Waals surface area contributed by atoms with Gasteiger partial charge >= 0.3 is 0 Å². The molecule has 1 aromatic rings. The Bertz CT molecular complexity index is 435. The molecule has 19 heavy (non-hydrogen) atoms. The van der Waals surface area contributed by atoms with E-state index < -0.39 is 0 Å². The Morgan fingerprint density at radius 1 is 1.26 bits per heavy atom. The first-order valence-corrected chi connectivity index (χ1v) is 7.23. The second-order valence-corrected chi connectivity index (χ2v) is 5.21. The Labute approximate surface area is 116 Å². The number of aliphatic hydroxyl groups excluding tert-OH is 1. The first-order valence-electron chi connectivity index (χ1n) is 7.23. The van der Waals surface area contributed by atoms with Crippen molar-refractivity contribution >= 4 is 0 Å². The van der Waals surface area contributed by atoms with E-state index in [1.165, 1.54) is 24.0 Å². The molecule has 0 radical (unpaired) electrons. The molecule has 0 saturated heterocycles. The van der Waals surface area contributed by atoms with E-state index >= 15 is 0 Å². The summed E-state index contributed by atoms with van der Waals surface area (Å²) in [6.07, 6.45) is 10.9. The SMILES string of the molecule is C#CCN(CCCCCO)C1CCc2ccccc21. The summed E-state index contributed by atoms with van der Waals surface area (Å²) in [5, 5.41) is 8.83. The van der Waals surface area contributed by atoms with Crippen molar-refractivity contribution in [2.24, 2.45) is 0 Å². The third-order valence-electron chi connectivity index (χ3n) is 3.94. The number of fused-ring (bicyclic) bond motifs is 1. The van der Waals surface area contributed by atoms with E-state index in [9.17, 15) is 0 Å². The van der Waals surface area contributed by atoms with E-state index in [2.05, 4.69) is 35.1 Å². The average molecular weight is 257 g/mol. The van der Waals surface area contributed by atoms with Gasteiger partial charge in [0.25, 0.3) is 0 Å². The highest BCUT2D eigenvalue weighted by molar-refractivity contribution is 5.34. The predicted molar refractivity (Wildman–Crippen MR) is 78.8 cm³/mol. The lowest BCUT2D eigenvalue weighted by Crippen LogP contribution is -2.29. The van der Waals surface area contributed by atoms with Crippen LogP contribution in [0.15, 0.2) is 24.3 Å². The lowest BCUT2D eigenvalue weighted by Gasteiger charge is -2.27. The second kappa shape index (κ2) is 7.33. The van der Waals surface area contributed by atoms with Crippen molar-refractivity contribution in [1.29, 1.82) is 0 Å². The van der Waals surface area contributed by atoms with Crippen molar-refractivity contribution < 1.29 is 5.11 Å². The van der Waals surface area contributed by atoms with Gasteiger partial charge in [-0.25, -0.2) is 0 Å². The van der Waals surface area contributed by atoms with Gasteiger partial charge in [-0.15, -0.1) is 6.42 Å². The zero-order valence-corrected chi connectivity index (χ0v) is 11.5. The number of nitrogens with zero attached hydrogens (tertiary/aromatic N) is 1. The van der Waals surface area contributed by atoms with Crippen molar-refractivity contribution in [1.82, 2.24) is 4.90 Å². The highest BCUT2D eigenvalue weighted by Crippen LogP contribution is 2.35. The van der Waals surface area contributed by atoms with E-state index in [4.69, 9.17) is 11.5 Å². The standard InChI is InChI=1S/C17H23NO/c1-2-12-18(13-6-3-7-14-19)17-11-10-15-8-4-5-9-16(15)17/h1,4-5,8-9,17,19H,3,6-7,10-14H2. The Hall–Kier alpha value is -1.30. The molecule has 1 aliphatic carbocycles. The van der Waals surface area contributed by atoms with E-state index in [1.54, 1.807) is 0 Å². The van der Waals surface area contributed by atoms with E-state index in [1.807, 2.05) is 0 Å². The van der Waals surface area contributed by atoms with Gasteiger partial charge in [0.05, 0.1) is 6.54 Å². The van der Waals surface area contributed by atoms with E-state index in [0.717, 1.165) is 32.4 Å². The van der Waals surface area contributed by atoms with Crippen LogP contribution >= 0.6 is 0 Å². The number of hydrogen-bond donors (Lipinski definition) is 1. The number of benzene rings is 1. The summed E-state index contributed by atoms with van der Waals surface area (Å²) in [6, 6.07) is 9.20. The molecule has 0 aliphatic heterocycles. The van der Waals surface area contributed by atoms with Gasteiger partial charge < -0.3 is 5.11 Å². The summed E-state index contributed by atoms with van der Waals surface area (Å²) in [7, 11) is 0. The monoisotopic (exact) mass is 257 g/mol. The molecule has 1 aliphatic rings. The van der Waals surface area contributed by atoms with Crippen LogP contribution in [0.1, 0.15) is 42.9 Å². The van der Waals surface area contributed by atoms with Crippen molar-refractivity contribution in [2.45, 2.75) is 38.1 Å². The maximum Gasteiger partial charge on any atom is 0.0604 e. The molecule has 2 nitrogen and oxygen atoms in total. The molecule has 2 heteroatoms. The predicted octanol–water partition coefficient (Wildman–Crippen LogP) is 2.77. The molecular formula is C17H23NO. The summed E-state index contributed by atoms with van der Waals surface area (Å²) in [5.74, 6) is 2.79. The van der Waals surface area contributed by atoms with Crippen LogP contribution in [0.5, 0.6) is 0 Å². The third kappa shape index (κ3) is 3.59. The average Bonchev–Trinajstić information content (AvgIpc) is 2.86. The molecule has 0 amide bonds. The smallest absolute Gasteiger partial charge is 0.0604 e. The molecule has 102 valence electrons. The van der Waals surface area contributed by atoms with Gasteiger partial charge in [-0.3, -0.25) is 4.90 Å². The van der Waals surface area contributed by atoms with Gasteiger partial charge in [0.15, 0.2) is 0 Å². The van der Waals surface area contributed by atoms with Crippen LogP contribution in [0.2, 0.25) is 0 Å². The second-order valence-electron chi connectivity index (χ2n) is 5.21. The topological polar surface area (TPSA) is 23.5 Å². The van der Waals surface area contributed by atoms with Crippen molar-refractivity contribution in [3.63, 3.8) is 0 Å². The summed E-state index contributed by atoms with van der Waals surface area (Å²) >= 11 is 0. The number of aryl methyl sites for hydroxylation is 1. The van der Waals surface area contributed by atoms with Crippen LogP contribution < -0.4 is 0 Å². The number of hydrogen-bond acceptors (Lipinski definition) is 2. The van der Waals surface area contributed by atoms with Gasteiger partial charge in [-0.05, 0) is 49.8 Å². The van der Waals surface area contributed by atoms with Crippen LogP contribution in [-0.2, 0) is 6.42 Å². The molecule has 0 aromatic heterocycles. The molecule has 2 rings (SSSR count). The Balaban J connectivity index is 1.98. The first-order chi connectivity index (χ1) is 9.36. The maximum absolute atomic E-state index is 8.83. The van der Waals surface area contributed by atoms with Crippen molar-refractivity contribution in [3.05, 3.63) is 35.4 Å². The fourth-order valence-corrected chi connectivity index (χ4v) is 2.98. The number of rotatable bonds is 7. The molecule has 0 spiro atoms. The minimum atomic E-state index is 0.293. The molecule has 1 unspecified atom stereocenters. The van der Waals surface area contributed by atoms with E-state index in [-0.39, 0.29) is 0 Å². The first kappa shape index (κ1) is 14.1. The van der Waals surface area contributed by atoms with Crippen LogP contribution in [-0.4, -0.2) is 29.7 Å². The molecule has 0 heterocycles. The third-order valence-corrected chi connectivity index (χ3v) is 3.94. The zero-order chi connectivity index (χ0) is 13.5. The number of aliphatic hydroxyl groups is 1. The van der Waals surface area contributed by atoms with Crippen LogP contribution in [0.25, 0.3) is 0 Å². The van der Waals surface area contributed by atoms with Gasteiger partial charge in [0, 0.05) is 12.6 Å². The number of terminal acetylenes is 1. The normalized spacial score (nSPS) is 17.4. The maximum atomic E-state index is 8.83. The fourth-order valence-electron chi connectivity index (χ4n) is 2.98. The molecule has 1 N–H and O–H groups in total. The lowest BCUT2D eigenvalue weighted by molar-refractivity contribution is 0.212. The van der Waals surface area contributed by atoms with Gasteiger partial charge in [0.2, 0.25) is 0 Å². The van der Waals surface area contributed by atoms with E-state index in [0.29, 0.717) is 12.6 Å². The Kier molecular flexibility index (Phi) is 5.44. The van der Waals surface area contributed by atoms with Gasteiger partial charge in [-0.1, -0.05) is 30.2 Å². The van der Waals surface area contributed by atoms with Crippen LogP contribution in [0.4, 0.5) is 0 Å². The number of unbranched alkanes of at least 4 members (excludes halogenated alkanes) is 2. The molecule has 1 atom stereocenters. The zero-order valence-electron chi connectivity index (χ0n) is 11.5. The van der Waals surface area contributed by atoms with Gasteiger partial charge in [-0.2, -0.15) is 0 Å². The van der Waals surface area contributed by atoms with Crippen molar-refractivity contribution in [3.8, 4) is 12.3 Å². The Morgan fingerprint density at radius 3 is 2.89 bits per heavy atom. The van der Waals surface area contributed by atoms with Gasteiger partial charge in [0.1, 0.15) is 0 Å². The molecule has 0 fully saturated rings. The quantitative estimate of drug-likeness (QED) is 0.600. The largest absolute Gasteiger partial charge is 0.396 e. The lowest BCUT2D eigenvalue weighted by atomic mass is 10.1.